The number of hydrogen-bond acceptors (Lipinski definition) is 1. The van der Waals surface area contributed by atoms with Crippen LogP contribution in [0.1, 0.15) is 0 Å². The molecule has 2 heteroatoms. The highest BCUT2D eigenvalue weighted by molar-refractivity contribution is 6.10. The molecule has 2 nitrogen and oxygen atoms in total. The van der Waals surface area contributed by atoms with Crippen LogP contribution in [0.15, 0.2) is 279 Å². The smallest absolute Gasteiger partial charge is 0.0541 e. The zero-order valence-electron chi connectivity index (χ0n) is 38.5. The second kappa shape index (κ2) is 17.4. The molecule has 0 radical (unpaired) electrons. The van der Waals surface area contributed by atoms with Gasteiger partial charge in [-0.3, -0.25) is 0 Å². The molecule has 0 bridgehead atoms. The molecule has 1 aromatic heterocycles. The van der Waals surface area contributed by atoms with Gasteiger partial charge in [0.15, 0.2) is 0 Å². The number of hydrogen-bond donors (Lipinski definition) is 0. The van der Waals surface area contributed by atoms with Crippen molar-refractivity contribution < 1.29 is 0 Å². The molecule has 0 aliphatic heterocycles. The predicted molar refractivity (Wildman–Crippen MR) is 298 cm³/mol. The maximum Gasteiger partial charge on any atom is 0.0541 e. The molecule has 0 aliphatic rings. The minimum absolute atomic E-state index is 1.06. The molecule has 0 N–H and O–H groups in total. The first kappa shape index (κ1) is 41.0. The van der Waals surface area contributed by atoms with Crippen LogP contribution < -0.4 is 4.90 Å². The summed E-state index contributed by atoms with van der Waals surface area (Å²) in [6.07, 6.45) is 0. The van der Waals surface area contributed by atoms with Crippen LogP contribution in [0.4, 0.5) is 17.1 Å². The number of nitrogens with zero attached hydrogens (tertiary/aromatic N) is 2. The van der Waals surface area contributed by atoms with Gasteiger partial charge in [-0.25, -0.2) is 0 Å². The molecule has 12 aromatic carbocycles. The molecule has 0 saturated carbocycles. The van der Waals surface area contributed by atoms with E-state index in [1.165, 1.54) is 71.2 Å². The second-order valence-corrected chi connectivity index (χ2v) is 18.0. The lowest BCUT2D eigenvalue weighted by molar-refractivity contribution is 1.18. The van der Waals surface area contributed by atoms with E-state index in [1.54, 1.807) is 0 Å². The van der Waals surface area contributed by atoms with E-state index >= 15 is 0 Å². The molecule has 0 atom stereocenters. The Morgan fingerprint density at radius 3 is 1.16 bits per heavy atom. The van der Waals surface area contributed by atoms with Gasteiger partial charge in [-0.15, -0.1) is 0 Å². The van der Waals surface area contributed by atoms with Crippen molar-refractivity contribution in [2.45, 2.75) is 0 Å². The molecule has 13 rings (SSSR count). The van der Waals surface area contributed by atoms with Gasteiger partial charge in [0.2, 0.25) is 0 Å². The van der Waals surface area contributed by atoms with Crippen molar-refractivity contribution in [3.8, 4) is 61.3 Å². The number of rotatable bonds is 9. The van der Waals surface area contributed by atoms with E-state index in [0.717, 1.165) is 50.6 Å². The molecule has 0 fully saturated rings. The molecule has 70 heavy (non-hydrogen) atoms. The lowest BCUT2D eigenvalue weighted by Gasteiger charge is -2.31. The number of aromatic nitrogens is 1. The third-order valence-electron chi connectivity index (χ3n) is 14.0. The van der Waals surface area contributed by atoms with Crippen molar-refractivity contribution in [1.29, 1.82) is 0 Å². The predicted octanol–water partition coefficient (Wildman–Crippen LogP) is 18.9. The summed E-state index contributed by atoms with van der Waals surface area (Å²) in [5, 5.41) is 7.43. The van der Waals surface area contributed by atoms with E-state index in [1.807, 2.05) is 0 Å². The van der Waals surface area contributed by atoms with Gasteiger partial charge in [-0.1, -0.05) is 224 Å². The number of para-hydroxylation sites is 3. The number of anilines is 3. The molecule has 0 aliphatic carbocycles. The maximum absolute atomic E-state index is 2.48. The van der Waals surface area contributed by atoms with E-state index in [9.17, 15) is 0 Å². The van der Waals surface area contributed by atoms with Gasteiger partial charge < -0.3 is 9.47 Å². The molecule has 0 unspecified atom stereocenters. The normalized spacial score (nSPS) is 11.4. The van der Waals surface area contributed by atoms with Crippen molar-refractivity contribution in [2.75, 3.05) is 4.90 Å². The fourth-order valence-corrected chi connectivity index (χ4v) is 10.7. The first-order valence-electron chi connectivity index (χ1n) is 24.1. The third-order valence-corrected chi connectivity index (χ3v) is 14.0. The highest BCUT2D eigenvalue weighted by Gasteiger charge is 2.23. The minimum Gasteiger partial charge on any atom is -0.309 e. The molecule has 0 saturated heterocycles. The van der Waals surface area contributed by atoms with Crippen LogP contribution >= 0.6 is 0 Å². The number of benzene rings is 12. The third kappa shape index (κ3) is 7.13. The molecular formula is C68H46N2. The first-order chi connectivity index (χ1) is 34.7. The van der Waals surface area contributed by atoms with Crippen molar-refractivity contribution in [2.24, 2.45) is 0 Å². The van der Waals surface area contributed by atoms with E-state index in [0.29, 0.717) is 0 Å². The van der Waals surface area contributed by atoms with Crippen LogP contribution in [-0.2, 0) is 0 Å². The standard InChI is InChI=1S/C68H46N2/c1-3-19-49(20-4-1)62-45-52(57-32-17-25-47-23-7-9-27-55(47)57)39-43-67(62)69(68-44-40-53(46-63(68)50-21-5-2-6-22-50)58-33-18-26-48-24-8-10-28-56(48)58)54-41-37-51(38-42-54)59-29-11-14-34-64(59)70-65-35-15-12-30-60(65)61-31-13-16-36-66(61)70/h1-46H. The van der Waals surface area contributed by atoms with E-state index in [4.69, 9.17) is 0 Å². The van der Waals surface area contributed by atoms with Gasteiger partial charge >= 0.3 is 0 Å². The average Bonchev–Trinajstić information content (AvgIpc) is 3.78. The minimum atomic E-state index is 1.06. The lowest BCUT2D eigenvalue weighted by atomic mass is 9.91. The van der Waals surface area contributed by atoms with Crippen LogP contribution in [0.3, 0.4) is 0 Å². The van der Waals surface area contributed by atoms with Crippen LogP contribution in [-0.4, -0.2) is 4.57 Å². The Hall–Kier alpha value is -9.24. The summed E-state index contributed by atoms with van der Waals surface area (Å²) in [6.45, 7) is 0. The van der Waals surface area contributed by atoms with Crippen LogP contribution in [0, 0.1) is 0 Å². The summed E-state index contributed by atoms with van der Waals surface area (Å²) in [5.74, 6) is 0. The fourth-order valence-electron chi connectivity index (χ4n) is 10.7. The Morgan fingerprint density at radius 2 is 0.629 bits per heavy atom. The van der Waals surface area contributed by atoms with Crippen LogP contribution in [0.25, 0.3) is 105 Å². The lowest BCUT2D eigenvalue weighted by Crippen LogP contribution is -2.13. The Balaban J connectivity index is 1.04. The van der Waals surface area contributed by atoms with Crippen LogP contribution in [0.2, 0.25) is 0 Å². The van der Waals surface area contributed by atoms with Gasteiger partial charge in [0.1, 0.15) is 0 Å². The molecular weight excluding hydrogens is 845 g/mol. The van der Waals surface area contributed by atoms with Crippen LogP contribution in [0.5, 0.6) is 0 Å². The quantitative estimate of drug-likeness (QED) is 0.140. The van der Waals surface area contributed by atoms with E-state index in [2.05, 4.69) is 289 Å². The fraction of sp³-hybridized carbons (Fsp3) is 0. The zero-order valence-corrected chi connectivity index (χ0v) is 38.5. The summed E-state index contributed by atoms with van der Waals surface area (Å²) in [6, 6.07) is 102. The van der Waals surface area contributed by atoms with Crippen molar-refractivity contribution in [1.82, 2.24) is 4.57 Å². The molecule has 1 heterocycles. The molecule has 0 amide bonds. The topological polar surface area (TPSA) is 8.17 Å². The summed E-state index contributed by atoms with van der Waals surface area (Å²) in [5.41, 5.74) is 18.4. The average molecular weight is 891 g/mol. The first-order valence-corrected chi connectivity index (χ1v) is 24.1. The molecule has 0 spiro atoms. The number of fused-ring (bicyclic) bond motifs is 5. The van der Waals surface area contributed by atoms with Gasteiger partial charge in [-0.2, -0.15) is 0 Å². The largest absolute Gasteiger partial charge is 0.309 e. The molecule has 13 aromatic rings. The Kier molecular flexibility index (Phi) is 10.2. The monoisotopic (exact) mass is 890 g/mol. The zero-order chi connectivity index (χ0) is 46.4. The second-order valence-electron chi connectivity index (χ2n) is 18.0. The SMILES string of the molecule is c1ccc(-c2cc(-c3cccc4ccccc34)ccc2N(c2ccc(-c3ccccc3-n3c4ccccc4c4ccccc43)cc2)c2ccc(-c3cccc4ccccc34)cc2-c2ccccc2)cc1. The maximum atomic E-state index is 2.48. The highest BCUT2D eigenvalue weighted by Crippen LogP contribution is 2.48. The Morgan fingerprint density at radius 1 is 0.243 bits per heavy atom. The van der Waals surface area contributed by atoms with Gasteiger partial charge in [0.25, 0.3) is 0 Å². The summed E-state index contributed by atoms with van der Waals surface area (Å²) in [4.78, 5) is 2.48. The van der Waals surface area contributed by atoms with Crippen molar-refractivity contribution in [3.63, 3.8) is 0 Å². The van der Waals surface area contributed by atoms with Crippen molar-refractivity contribution in [3.05, 3.63) is 279 Å². The highest BCUT2D eigenvalue weighted by atomic mass is 15.1. The van der Waals surface area contributed by atoms with Gasteiger partial charge in [0.05, 0.1) is 28.1 Å². The summed E-state index contributed by atoms with van der Waals surface area (Å²) < 4.78 is 2.42. The Bertz CT molecular complexity index is 3820. The van der Waals surface area contributed by atoms with Crippen molar-refractivity contribution >= 4 is 60.4 Å². The van der Waals surface area contributed by atoms with Gasteiger partial charge in [0, 0.05) is 33.2 Å². The van der Waals surface area contributed by atoms with Gasteiger partial charge in [-0.05, 0) is 115 Å². The Labute approximate surface area is 408 Å². The summed E-state index contributed by atoms with van der Waals surface area (Å²) in [7, 11) is 0. The van der Waals surface area contributed by atoms with E-state index in [-0.39, 0.29) is 0 Å². The van der Waals surface area contributed by atoms with E-state index < -0.39 is 0 Å². The summed E-state index contributed by atoms with van der Waals surface area (Å²) >= 11 is 0. The molecule has 328 valence electrons.